The Balaban J connectivity index is 2.14. The molecule has 2 rings (SSSR count). The maximum absolute atomic E-state index is 10.9. The monoisotopic (exact) mass is 529 g/mol. The van der Waals surface area contributed by atoms with E-state index in [2.05, 4.69) is 65.8 Å². The third-order valence-electron chi connectivity index (χ3n) is 6.06. The zero-order valence-electron chi connectivity index (χ0n) is 24.3. The van der Waals surface area contributed by atoms with Crippen LogP contribution in [0.4, 0.5) is 5.69 Å². The molecule has 0 aliphatic carbocycles. The molecule has 39 heavy (non-hydrogen) atoms. The second-order valence-corrected chi connectivity index (χ2v) is 10.3. The molecule has 0 unspecified atom stereocenters. The summed E-state index contributed by atoms with van der Waals surface area (Å²) in [6.07, 6.45) is 16.7. The van der Waals surface area contributed by atoms with Crippen LogP contribution in [0.2, 0.25) is 0 Å². The highest BCUT2D eigenvalue weighted by molar-refractivity contribution is 5.71. The molecule has 0 fully saturated rings. The van der Waals surface area contributed by atoms with Crippen LogP contribution in [0.25, 0.3) is 12.2 Å². The topological polar surface area (TPSA) is 61.6 Å². The summed E-state index contributed by atoms with van der Waals surface area (Å²) in [5.74, 6) is 1.39. The van der Waals surface area contributed by atoms with Gasteiger partial charge in [0.15, 0.2) is 11.5 Å². The molecule has 208 valence electrons. The van der Waals surface area contributed by atoms with Gasteiger partial charge >= 0.3 is 0 Å². The predicted octanol–water partition coefficient (Wildman–Crippen LogP) is 9.91. The van der Waals surface area contributed by atoms with Crippen molar-refractivity contribution in [1.82, 2.24) is 0 Å². The van der Waals surface area contributed by atoms with Crippen molar-refractivity contribution in [2.75, 3.05) is 13.2 Å². The highest BCUT2D eigenvalue weighted by atomic mass is 16.6. The molecule has 0 atom stereocenters. The first-order chi connectivity index (χ1) is 18.6. The molecule has 0 radical (unpaired) electrons. The third kappa shape index (κ3) is 13.0. The molecular weight excluding hydrogens is 486 g/mol. The number of benzene rings is 2. The normalized spacial score (nSPS) is 11.8. The molecule has 0 aliphatic heterocycles. The summed E-state index contributed by atoms with van der Waals surface area (Å²) < 4.78 is 12.3. The number of rotatable bonds is 15. The maximum Gasteiger partial charge on any atom is 0.269 e. The average Bonchev–Trinajstić information content (AvgIpc) is 2.88. The summed E-state index contributed by atoms with van der Waals surface area (Å²) in [5, 5.41) is 10.9. The zero-order valence-corrected chi connectivity index (χ0v) is 24.3. The van der Waals surface area contributed by atoms with Crippen molar-refractivity contribution in [3.63, 3.8) is 0 Å². The smallest absolute Gasteiger partial charge is 0.269 e. The summed E-state index contributed by atoms with van der Waals surface area (Å²) in [6, 6.07) is 12.4. The van der Waals surface area contributed by atoms with Gasteiger partial charge in [-0.25, -0.2) is 0 Å². The summed E-state index contributed by atoms with van der Waals surface area (Å²) in [7, 11) is 0. The minimum absolute atomic E-state index is 0.0785. The summed E-state index contributed by atoms with van der Waals surface area (Å²) in [5.41, 5.74) is 7.17. The number of hydrogen-bond donors (Lipinski definition) is 0. The van der Waals surface area contributed by atoms with Gasteiger partial charge in [0.1, 0.15) is 13.2 Å². The van der Waals surface area contributed by atoms with Gasteiger partial charge in [-0.05, 0) is 115 Å². The van der Waals surface area contributed by atoms with Crippen LogP contribution in [0.1, 0.15) is 78.4 Å². The Morgan fingerprint density at radius 2 is 1.18 bits per heavy atom. The minimum atomic E-state index is -0.395. The van der Waals surface area contributed by atoms with E-state index in [1.54, 1.807) is 12.1 Å². The number of nitrogens with zero attached hydrogens (tertiary/aromatic N) is 1. The molecule has 5 nitrogen and oxygen atoms in total. The van der Waals surface area contributed by atoms with E-state index >= 15 is 0 Å². The second kappa shape index (κ2) is 16.9. The number of nitro groups is 1. The summed E-state index contributed by atoms with van der Waals surface area (Å²) in [4.78, 5) is 10.5. The fraction of sp³-hybridized carbons (Fsp3) is 0.353. The highest BCUT2D eigenvalue weighted by Gasteiger charge is 2.07. The molecule has 0 saturated heterocycles. The van der Waals surface area contributed by atoms with Gasteiger partial charge in [0, 0.05) is 12.1 Å². The molecule has 0 amide bonds. The fourth-order valence-electron chi connectivity index (χ4n) is 3.69. The minimum Gasteiger partial charge on any atom is -0.486 e. The van der Waals surface area contributed by atoms with Gasteiger partial charge in [-0.3, -0.25) is 10.1 Å². The van der Waals surface area contributed by atoms with Crippen LogP contribution in [-0.2, 0) is 0 Å². The Labute approximate surface area is 234 Å². The SMILES string of the molecule is CC(C)=CCCC(C)=CCOc1ccc(C=Cc2ccc([N+](=O)[O-])cc2)cc1OCC=C(C)CCC=C(C)C. The van der Waals surface area contributed by atoms with E-state index in [1.807, 2.05) is 30.4 Å². The van der Waals surface area contributed by atoms with Crippen LogP contribution in [-0.4, -0.2) is 18.1 Å². The molecule has 0 saturated carbocycles. The predicted molar refractivity (Wildman–Crippen MR) is 164 cm³/mol. The lowest BCUT2D eigenvalue weighted by Gasteiger charge is -2.13. The van der Waals surface area contributed by atoms with E-state index in [9.17, 15) is 10.1 Å². The highest BCUT2D eigenvalue weighted by Crippen LogP contribution is 2.30. The Morgan fingerprint density at radius 1 is 0.692 bits per heavy atom. The molecule has 2 aromatic carbocycles. The molecule has 0 N–H and O–H groups in total. The van der Waals surface area contributed by atoms with E-state index in [-0.39, 0.29) is 5.69 Å². The molecule has 0 spiro atoms. The Bertz CT molecular complexity index is 1220. The van der Waals surface area contributed by atoms with E-state index in [0.29, 0.717) is 24.7 Å². The van der Waals surface area contributed by atoms with Crippen molar-refractivity contribution in [3.8, 4) is 11.5 Å². The first-order valence-electron chi connectivity index (χ1n) is 13.5. The molecule has 0 heterocycles. The van der Waals surface area contributed by atoms with Crippen LogP contribution in [0, 0.1) is 10.1 Å². The van der Waals surface area contributed by atoms with Gasteiger partial charge in [-0.1, -0.05) is 52.7 Å². The van der Waals surface area contributed by atoms with E-state index in [0.717, 1.165) is 36.8 Å². The van der Waals surface area contributed by atoms with Crippen molar-refractivity contribution in [2.45, 2.75) is 67.2 Å². The lowest BCUT2D eigenvalue weighted by atomic mass is 10.1. The maximum atomic E-state index is 10.9. The molecule has 2 aromatic rings. The number of hydrogen-bond acceptors (Lipinski definition) is 4. The lowest BCUT2D eigenvalue weighted by Crippen LogP contribution is -2.01. The molecule has 0 aliphatic rings. The molecule has 0 bridgehead atoms. The number of nitro benzene ring substituents is 1. The van der Waals surface area contributed by atoms with Gasteiger partial charge in [0.2, 0.25) is 0 Å². The van der Waals surface area contributed by atoms with Crippen LogP contribution in [0.5, 0.6) is 11.5 Å². The Hall–Kier alpha value is -3.86. The van der Waals surface area contributed by atoms with Crippen molar-refractivity contribution in [2.24, 2.45) is 0 Å². The molecule has 5 heteroatoms. The van der Waals surface area contributed by atoms with Gasteiger partial charge < -0.3 is 9.47 Å². The number of ether oxygens (including phenoxy) is 2. The van der Waals surface area contributed by atoms with Gasteiger partial charge in [0.05, 0.1) is 4.92 Å². The van der Waals surface area contributed by atoms with Crippen LogP contribution < -0.4 is 9.47 Å². The van der Waals surface area contributed by atoms with Gasteiger partial charge in [0.25, 0.3) is 5.69 Å². The van der Waals surface area contributed by atoms with E-state index in [1.165, 1.54) is 34.4 Å². The van der Waals surface area contributed by atoms with Crippen molar-refractivity contribution >= 4 is 17.8 Å². The number of allylic oxidation sites excluding steroid dienone is 6. The first-order valence-corrected chi connectivity index (χ1v) is 13.5. The van der Waals surface area contributed by atoms with E-state index < -0.39 is 4.92 Å². The van der Waals surface area contributed by atoms with Crippen molar-refractivity contribution in [1.29, 1.82) is 0 Å². The van der Waals surface area contributed by atoms with Crippen LogP contribution in [0.15, 0.2) is 89.1 Å². The fourth-order valence-corrected chi connectivity index (χ4v) is 3.69. The summed E-state index contributed by atoms with van der Waals surface area (Å²) in [6.45, 7) is 13.7. The quantitative estimate of drug-likeness (QED) is 0.0996. The van der Waals surface area contributed by atoms with E-state index in [4.69, 9.17) is 9.47 Å². The van der Waals surface area contributed by atoms with Crippen molar-refractivity contribution < 1.29 is 14.4 Å². The standard InChI is InChI=1S/C34H43NO4/c1-26(2)9-7-11-28(5)21-23-38-33-20-17-31(14-13-30-15-18-32(19-16-30)35(36)37)25-34(33)39-24-22-29(6)12-8-10-27(3)4/h9-10,13-22,25H,7-8,11-12,23-24H2,1-6H3. The largest absolute Gasteiger partial charge is 0.486 e. The Kier molecular flexibility index (Phi) is 13.6. The van der Waals surface area contributed by atoms with Gasteiger partial charge in [-0.2, -0.15) is 0 Å². The lowest BCUT2D eigenvalue weighted by molar-refractivity contribution is -0.384. The van der Waals surface area contributed by atoms with Crippen LogP contribution in [0.3, 0.4) is 0 Å². The Morgan fingerprint density at radius 3 is 1.69 bits per heavy atom. The van der Waals surface area contributed by atoms with Gasteiger partial charge in [-0.15, -0.1) is 0 Å². The first kappa shape index (κ1) is 31.4. The zero-order chi connectivity index (χ0) is 28.6. The average molecular weight is 530 g/mol. The van der Waals surface area contributed by atoms with Crippen molar-refractivity contribution in [3.05, 3.63) is 110 Å². The second-order valence-electron chi connectivity index (χ2n) is 10.3. The molecule has 0 aromatic heterocycles. The third-order valence-corrected chi connectivity index (χ3v) is 6.06. The summed E-state index contributed by atoms with van der Waals surface area (Å²) >= 11 is 0. The number of non-ortho nitro benzene ring substituents is 1. The molecular formula is C34H43NO4. The van der Waals surface area contributed by atoms with Crippen LogP contribution >= 0.6 is 0 Å².